The minimum atomic E-state index is -1.11. The van der Waals surface area contributed by atoms with Crippen LogP contribution >= 0.6 is 15.9 Å². The molecule has 0 bridgehead atoms. The van der Waals surface area contributed by atoms with E-state index in [-0.39, 0.29) is 11.3 Å². The van der Waals surface area contributed by atoms with E-state index >= 15 is 0 Å². The summed E-state index contributed by atoms with van der Waals surface area (Å²) >= 11 is 3.19. The largest absolute Gasteiger partial charge is 0.478 e. The van der Waals surface area contributed by atoms with Crippen molar-refractivity contribution in [3.63, 3.8) is 0 Å². The Morgan fingerprint density at radius 1 is 1.38 bits per heavy atom. The van der Waals surface area contributed by atoms with Gasteiger partial charge < -0.3 is 15.7 Å². The molecule has 0 unspecified atom stereocenters. The van der Waals surface area contributed by atoms with Gasteiger partial charge in [0, 0.05) is 23.4 Å². The van der Waals surface area contributed by atoms with Crippen LogP contribution in [0.2, 0.25) is 0 Å². The number of aromatic nitrogens is 2. The number of amides is 2. The van der Waals surface area contributed by atoms with Gasteiger partial charge in [-0.15, -0.1) is 0 Å². The first-order valence-corrected chi connectivity index (χ1v) is 6.90. The Labute approximate surface area is 129 Å². The summed E-state index contributed by atoms with van der Waals surface area (Å²) in [4.78, 5) is 22.9. The minimum Gasteiger partial charge on any atom is -0.478 e. The Bertz CT molecular complexity index is 643. The topological polar surface area (TPSA) is 96.3 Å². The number of benzene rings is 1. The quantitative estimate of drug-likeness (QED) is 0.768. The Hall–Kier alpha value is -2.35. The van der Waals surface area contributed by atoms with Crippen molar-refractivity contribution in [3.8, 4) is 0 Å². The normalized spacial score (nSPS) is 10.1. The Morgan fingerprint density at radius 3 is 2.86 bits per heavy atom. The second kappa shape index (κ2) is 6.89. The number of aromatic carboxylic acids is 1. The molecule has 1 aromatic carbocycles. The number of hydrogen-bond acceptors (Lipinski definition) is 3. The first kappa shape index (κ1) is 15.0. The second-order valence-electron chi connectivity index (χ2n) is 4.15. The van der Waals surface area contributed by atoms with Gasteiger partial charge in [0.25, 0.3) is 0 Å². The lowest BCUT2D eigenvalue weighted by Crippen LogP contribution is -2.32. The van der Waals surface area contributed by atoms with E-state index in [1.165, 1.54) is 12.1 Å². The molecule has 0 aliphatic carbocycles. The van der Waals surface area contributed by atoms with E-state index < -0.39 is 12.0 Å². The molecule has 2 amide bonds. The summed E-state index contributed by atoms with van der Waals surface area (Å²) in [5.74, 6) is -1.11. The number of nitrogens with zero attached hydrogens (tertiary/aromatic N) is 2. The van der Waals surface area contributed by atoms with Gasteiger partial charge in [0.15, 0.2) is 0 Å². The van der Waals surface area contributed by atoms with E-state index in [0.29, 0.717) is 17.6 Å². The molecule has 0 atom stereocenters. The fourth-order valence-corrected chi connectivity index (χ4v) is 2.05. The molecular formula is C13H13BrN4O3. The number of halogens is 1. The molecule has 110 valence electrons. The first-order valence-electron chi connectivity index (χ1n) is 6.11. The fraction of sp³-hybridized carbons (Fsp3) is 0.154. The van der Waals surface area contributed by atoms with Crippen molar-refractivity contribution in [2.24, 2.45) is 0 Å². The SMILES string of the molecule is O=C(NCCn1cccn1)Nc1ccc(Br)cc1C(=O)O. The number of nitrogens with one attached hydrogen (secondary N) is 2. The summed E-state index contributed by atoms with van der Waals surface area (Å²) in [7, 11) is 0. The van der Waals surface area contributed by atoms with Gasteiger partial charge in [0.1, 0.15) is 0 Å². The summed E-state index contributed by atoms with van der Waals surface area (Å²) in [6.07, 6.45) is 3.44. The monoisotopic (exact) mass is 352 g/mol. The lowest BCUT2D eigenvalue weighted by atomic mass is 10.2. The van der Waals surface area contributed by atoms with Crippen molar-refractivity contribution in [3.05, 3.63) is 46.7 Å². The van der Waals surface area contributed by atoms with Crippen molar-refractivity contribution in [2.75, 3.05) is 11.9 Å². The molecule has 0 saturated heterocycles. The number of hydrogen-bond donors (Lipinski definition) is 3. The van der Waals surface area contributed by atoms with Gasteiger partial charge in [0.2, 0.25) is 0 Å². The predicted octanol–water partition coefficient (Wildman–Crippen LogP) is 2.17. The molecular weight excluding hydrogens is 340 g/mol. The van der Waals surface area contributed by atoms with Crippen molar-refractivity contribution in [2.45, 2.75) is 6.54 Å². The number of carbonyl (C=O) groups excluding carboxylic acids is 1. The zero-order valence-corrected chi connectivity index (χ0v) is 12.5. The third-order valence-electron chi connectivity index (χ3n) is 2.65. The van der Waals surface area contributed by atoms with E-state index in [1.807, 2.05) is 0 Å². The average Bonchev–Trinajstić information content (AvgIpc) is 2.94. The van der Waals surface area contributed by atoms with Gasteiger partial charge in [-0.05, 0) is 24.3 Å². The molecule has 1 aromatic heterocycles. The van der Waals surface area contributed by atoms with Crippen LogP contribution in [0.1, 0.15) is 10.4 Å². The van der Waals surface area contributed by atoms with Gasteiger partial charge in [0.05, 0.1) is 17.8 Å². The van der Waals surface area contributed by atoms with Gasteiger partial charge >= 0.3 is 12.0 Å². The predicted molar refractivity (Wildman–Crippen MR) is 80.3 cm³/mol. The summed E-state index contributed by atoms with van der Waals surface area (Å²) in [5, 5.41) is 18.3. The Kier molecular flexibility index (Phi) is 4.94. The van der Waals surface area contributed by atoms with Gasteiger partial charge in [-0.25, -0.2) is 9.59 Å². The molecule has 2 rings (SSSR count). The number of urea groups is 1. The van der Waals surface area contributed by atoms with Gasteiger partial charge in [-0.1, -0.05) is 15.9 Å². The highest BCUT2D eigenvalue weighted by atomic mass is 79.9. The Morgan fingerprint density at radius 2 is 2.19 bits per heavy atom. The maximum atomic E-state index is 11.7. The second-order valence-corrected chi connectivity index (χ2v) is 5.06. The summed E-state index contributed by atoms with van der Waals surface area (Å²) < 4.78 is 2.31. The van der Waals surface area contributed by atoms with Crippen LogP contribution in [-0.4, -0.2) is 33.4 Å². The number of rotatable bonds is 5. The van der Waals surface area contributed by atoms with Crippen LogP contribution < -0.4 is 10.6 Å². The summed E-state index contributed by atoms with van der Waals surface area (Å²) in [5.41, 5.74) is 0.258. The molecule has 8 heteroatoms. The highest BCUT2D eigenvalue weighted by molar-refractivity contribution is 9.10. The highest BCUT2D eigenvalue weighted by Crippen LogP contribution is 2.21. The lowest BCUT2D eigenvalue weighted by molar-refractivity contribution is 0.0698. The van der Waals surface area contributed by atoms with Crippen LogP contribution in [0.25, 0.3) is 0 Å². The van der Waals surface area contributed by atoms with E-state index in [0.717, 1.165) is 0 Å². The molecule has 1 heterocycles. The molecule has 7 nitrogen and oxygen atoms in total. The molecule has 0 saturated carbocycles. The third-order valence-corrected chi connectivity index (χ3v) is 3.14. The van der Waals surface area contributed by atoms with E-state index in [2.05, 4.69) is 31.7 Å². The summed E-state index contributed by atoms with van der Waals surface area (Å²) in [6, 6.07) is 5.95. The van der Waals surface area contributed by atoms with Gasteiger partial charge in [-0.2, -0.15) is 5.10 Å². The Balaban J connectivity index is 1.92. The smallest absolute Gasteiger partial charge is 0.337 e. The standard InChI is InChI=1S/C13H13BrN4O3/c14-9-2-3-11(10(8-9)12(19)20)17-13(21)15-5-7-18-6-1-4-16-18/h1-4,6,8H,5,7H2,(H,19,20)(H2,15,17,21). The molecule has 3 N–H and O–H groups in total. The van der Waals surface area contributed by atoms with Crippen molar-refractivity contribution in [1.29, 1.82) is 0 Å². The maximum Gasteiger partial charge on any atom is 0.337 e. The minimum absolute atomic E-state index is 0.0200. The molecule has 21 heavy (non-hydrogen) atoms. The van der Waals surface area contributed by atoms with E-state index in [1.54, 1.807) is 29.2 Å². The van der Waals surface area contributed by atoms with Crippen molar-refractivity contribution >= 4 is 33.6 Å². The van der Waals surface area contributed by atoms with Crippen LogP contribution in [0, 0.1) is 0 Å². The number of anilines is 1. The summed E-state index contributed by atoms with van der Waals surface area (Å²) in [6.45, 7) is 0.916. The highest BCUT2D eigenvalue weighted by Gasteiger charge is 2.12. The number of carboxylic acids is 1. The van der Waals surface area contributed by atoms with Gasteiger partial charge in [-0.3, -0.25) is 4.68 Å². The third kappa shape index (κ3) is 4.32. The van der Waals surface area contributed by atoms with Crippen LogP contribution in [-0.2, 0) is 6.54 Å². The van der Waals surface area contributed by atoms with Crippen molar-refractivity contribution < 1.29 is 14.7 Å². The zero-order valence-electron chi connectivity index (χ0n) is 10.9. The van der Waals surface area contributed by atoms with E-state index in [4.69, 9.17) is 5.11 Å². The zero-order chi connectivity index (χ0) is 15.2. The number of carbonyl (C=O) groups is 2. The first-order chi connectivity index (χ1) is 10.1. The molecule has 0 spiro atoms. The van der Waals surface area contributed by atoms with Crippen LogP contribution in [0.4, 0.5) is 10.5 Å². The molecule has 0 radical (unpaired) electrons. The van der Waals surface area contributed by atoms with Crippen LogP contribution in [0.5, 0.6) is 0 Å². The lowest BCUT2D eigenvalue weighted by Gasteiger charge is -2.10. The van der Waals surface area contributed by atoms with Crippen molar-refractivity contribution in [1.82, 2.24) is 15.1 Å². The van der Waals surface area contributed by atoms with E-state index in [9.17, 15) is 9.59 Å². The molecule has 0 fully saturated rings. The molecule has 0 aliphatic rings. The van der Waals surface area contributed by atoms with Crippen LogP contribution in [0.15, 0.2) is 41.1 Å². The number of carboxylic acid groups (broad SMARTS) is 1. The molecule has 0 aliphatic heterocycles. The average molecular weight is 353 g/mol. The maximum absolute atomic E-state index is 11.7. The fourth-order valence-electron chi connectivity index (χ4n) is 1.69. The van der Waals surface area contributed by atoms with Crippen LogP contribution in [0.3, 0.4) is 0 Å². The molecule has 2 aromatic rings.